The van der Waals surface area contributed by atoms with Gasteiger partial charge < -0.3 is 20.0 Å². The summed E-state index contributed by atoms with van der Waals surface area (Å²) in [5.41, 5.74) is 0. The standard InChI is InChI=1S/C25H43ClN6O2S/c1-6-9-12-24(34)32-15-14-31(17-20(32)5)22-16-21(26)28-25(29-22)35-18-23(33)27-19(4)11-10-13-30(7-2)8-3/h16,19-20H,6-15,17-18H2,1-5H3,(H,27,33). The molecule has 35 heavy (non-hydrogen) atoms. The number of anilines is 1. The number of nitrogens with one attached hydrogen (secondary N) is 1. The van der Waals surface area contributed by atoms with Gasteiger partial charge >= 0.3 is 0 Å². The molecule has 1 aromatic rings. The van der Waals surface area contributed by atoms with Crippen molar-refractivity contribution in [2.75, 3.05) is 49.9 Å². The molecule has 0 bridgehead atoms. The number of carbonyl (C=O) groups is 2. The lowest BCUT2D eigenvalue weighted by Crippen LogP contribution is -2.54. The number of piperazine rings is 1. The molecule has 10 heteroatoms. The molecule has 2 atom stereocenters. The Hall–Kier alpha value is -1.58. The summed E-state index contributed by atoms with van der Waals surface area (Å²) in [5, 5.41) is 3.92. The van der Waals surface area contributed by atoms with Crippen LogP contribution in [0.4, 0.5) is 5.82 Å². The van der Waals surface area contributed by atoms with Crippen LogP contribution in [0.5, 0.6) is 0 Å². The third kappa shape index (κ3) is 10.1. The van der Waals surface area contributed by atoms with E-state index in [1.165, 1.54) is 11.8 Å². The first kappa shape index (κ1) is 29.6. The van der Waals surface area contributed by atoms with Crippen LogP contribution in [0.15, 0.2) is 11.2 Å². The van der Waals surface area contributed by atoms with Gasteiger partial charge in [-0.25, -0.2) is 9.97 Å². The molecule has 0 radical (unpaired) electrons. The van der Waals surface area contributed by atoms with Crippen LogP contribution >= 0.6 is 23.4 Å². The molecule has 1 N–H and O–H groups in total. The molecule has 2 heterocycles. The largest absolute Gasteiger partial charge is 0.353 e. The molecule has 1 aromatic heterocycles. The van der Waals surface area contributed by atoms with E-state index in [9.17, 15) is 9.59 Å². The van der Waals surface area contributed by atoms with Crippen LogP contribution in [0.2, 0.25) is 5.15 Å². The zero-order chi connectivity index (χ0) is 25.8. The minimum Gasteiger partial charge on any atom is -0.353 e. The number of rotatable bonds is 14. The lowest BCUT2D eigenvalue weighted by atomic mass is 10.1. The fraction of sp³-hybridized carbons (Fsp3) is 0.760. The van der Waals surface area contributed by atoms with Gasteiger partial charge in [0.25, 0.3) is 0 Å². The van der Waals surface area contributed by atoms with Crippen molar-refractivity contribution in [2.24, 2.45) is 0 Å². The van der Waals surface area contributed by atoms with Gasteiger partial charge in [-0.05, 0) is 52.7 Å². The van der Waals surface area contributed by atoms with Gasteiger partial charge in [0.15, 0.2) is 5.16 Å². The molecule has 1 aliphatic heterocycles. The molecule has 2 unspecified atom stereocenters. The highest BCUT2D eigenvalue weighted by Crippen LogP contribution is 2.24. The van der Waals surface area contributed by atoms with Crippen molar-refractivity contribution in [3.8, 4) is 0 Å². The van der Waals surface area contributed by atoms with Crippen LogP contribution in [0.25, 0.3) is 0 Å². The molecular formula is C25H43ClN6O2S. The van der Waals surface area contributed by atoms with Crippen molar-refractivity contribution in [3.05, 3.63) is 11.2 Å². The highest BCUT2D eigenvalue weighted by Gasteiger charge is 2.28. The SMILES string of the molecule is CCCCC(=O)N1CCN(c2cc(Cl)nc(SCC(=O)NC(C)CCCN(CC)CC)n2)CC1C. The summed E-state index contributed by atoms with van der Waals surface area (Å²) in [7, 11) is 0. The summed E-state index contributed by atoms with van der Waals surface area (Å²) in [6.45, 7) is 15.8. The number of amides is 2. The molecule has 0 saturated carbocycles. The predicted octanol–water partition coefficient (Wildman–Crippen LogP) is 4.08. The smallest absolute Gasteiger partial charge is 0.230 e. The average molecular weight is 527 g/mol. The van der Waals surface area contributed by atoms with Gasteiger partial charge in [-0.15, -0.1) is 0 Å². The van der Waals surface area contributed by atoms with Gasteiger partial charge in [0.1, 0.15) is 11.0 Å². The zero-order valence-electron chi connectivity index (χ0n) is 22.1. The van der Waals surface area contributed by atoms with Gasteiger partial charge in [-0.1, -0.05) is 50.6 Å². The summed E-state index contributed by atoms with van der Waals surface area (Å²) in [5.74, 6) is 1.19. The second kappa shape index (κ2) is 15.5. The maximum Gasteiger partial charge on any atom is 0.230 e. The first-order valence-corrected chi connectivity index (χ1v) is 14.4. The van der Waals surface area contributed by atoms with Crippen LogP contribution in [-0.2, 0) is 9.59 Å². The van der Waals surface area contributed by atoms with Crippen molar-refractivity contribution in [1.82, 2.24) is 25.1 Å². The molecule has 198 valence electrons. The Kier molecular flexibility index (Phi) is 13.1. The molecule has 2 amide bonds. The van der Waals surface area contributed by atoms with E-state index in [0.717, 1.165) is 51.1 Å². The van der Waals surface area contributed by atoms with Gasteiger partial charge in [0.2, 0.25) is 11.8 Å². The number of thioether (sulfide) groups is 1. The molecule has 1 saturated heterocycles. The van der Waals surface area contributed by atoms with E-state index in [-0.39, 0.29) is 29.7 Å². The van der Waals surface area contributed by atoms with Gasteiger partial charge in [0, 0.05) is 44.2 Å². The minimum atomic E-state index is -0.0247. The fourth-order valence-corrected chi connectivity index (χ4v) is 5.19. The van der Waals surface area contributed by atoms with Crippen LogP contribution in [-0.4, -0.2) is 88.7 Å². The first-order valence-electron chi connectivity index (χ1n) is 13.0. The number of nitrogens with zero attached hydrogens (tertiary/aromatic N) is 5. The number of unbranched alkanes of at least 4 members (excludes halogenated alkanes) is 1. The van der Waals surface area contributed by atoms with Crippen LogP contribution in [0.3, 0.4) is 0 Å². The van der Waals surface area contributed by atoms with Crippen LogP contribution in [0.1, 0.15) is 66.7 Å². The second-order valence-corrected chi connectivity index (χ2v) is 10.6. The fourth-order valence-electron chi connectivity index (χ4n) is 4.30. The van der Waals surface area contributed by atoms with E-state index in [1.54, 1.807) is 6.07 Å². The molecule has 8 nitrogen and oxygen atoms in total. The molecule has 1 fully saturated rings. The van der Waals surface area contributed by atoms with Gasteiger partial charge in [0.05, 0.1) is 5.75 Å². The van der Waals surface area contributed by atoms with Gasteiger partial charge in [-0.3, -0.25) is 9.59 Å². The Balaban J connectivity index is 1.84. The maximum atomic E-state index is 12.5. The van der Waals surface area contributed by atoms with E-state index in [0.29, 0.717) is 36.4 Å². The van der Waals surface area contributed by atoms with E-state index in [2.05, 4.69) is 52.8 Å². The molecule has 0 spiro atoms. The van der Waals surface area contributed by atoms with Crippen LogP contribution < -0.4 is 10.2 Å². The Bertz CT molecular complexity index is 810. The summed E-state index contributed by atoms with van der Waals surface area (Å²) in [6.07, 6.45) is 4.57. The lowest BCUT2D eigenvalue weighted by Gasteiger charge is -2.40. The lowest BCUT2D eigenvalue weighted by molar-refractivity contribution is -0.133. The summed E-state index contributed by atoms with van der Waals surface area (Å²) in [6, 6.07) is 1.99. The first-order chi connectivity index (χ1) is 16.8. The van der Waals surface area contributed by atoms with E-state index >= 15 is 0 Å². The van der Waals surface area contributed by atoms with Crippen molar-refractivity contribution < 1.29 is 9.59 Å². The predicted molar refractivity (Wildman–Crippen MR) is 145 cm³/mol. The monoisotopic (exact) mass is 526 g/mol. The number of carbonyl (C=O) groups excluding carboxylic acids is 2. The highest BCUT2D eigenvalue weighted by molar-refractivity contribution is 7.99. The number of aromatic nitrogens is 2. The van der Waals surface area contributed by atoms with E-state index < -0.39 is 0 Å². The van der Waals surface area contributed by atoms with Crippen LogP contribution in [0, 0.1) is 0 Å². The summed E-state index contributed by atoms with van der Waals surface area (Å²) >= 11 is 7.58. The zero-order valence-corrected chi connectivity index (χ0v) is 23.6. The maximum absolute atomic E-state index is 12.5. The quantitative estimate of drug-likeness (QED) is 0.222. The van der Waals surface area contributed by atoms with Crippen molar-refractivity contribution in [3.63, 3.8) is 0 Å². The Morgan fingerprint density at radius 2 is 1.97 bits per heavy atom. The Labute approximate surface area is 220 Å². The Morgan fingerprint density at radius 1 is 1.23 bits per heavy atom. The van der Waals surface area contributed by atoms with Crippen molar-refractivity contribution >= 4 is 41.0 Å². The molecule has 2 rings (SSSR count). The van der Waals surface area contributed by atoms with Crippen molar-refractivity contribution in [1.29, 1.82) is 0 Å². The number of halogens is 1. The highest BCUT2D eigenvalue weighted by atomic mass is 35.5. The van der Waals surface area contributed by atoms with Gasteiger partial charge in [-0.2, -0.15) is 0 Å². The number of hydrogen-bond donors (Lipinski definition) is 1. The second-order valence-electron chi connectivity index (χ2n) is 9.24. The molecule has 0 aliphatic carbocycles. The normalized spacial score (nSPS) is 17.1. The van der Waals surface area contributed by atoms with E-state index in [4.69, 9.17) is 11.6 Å². The topological polar surface area (TPSA) is 81.7 Å². The molecule has 1 aliphatic rings. The third-order valence-corrected chi connectivity index (χ3v) is 7.46. The Morgan fingerprint density at radius 3 is 2.63 bits per heavy atom. The minimum absolute atomic E-state index is 0.0247. The summed E-state index contributed by atoms with van der Waals surface area (Å²) in [4.78, 5) is 40.4. The van der Waals surface area contributed by atoms with E-state index in [1.807, 2.05) is 11.8 Å². The van der Waals surface area contributed by atoms with Crippen molar-refractivity contribution in [2.45, 2.75) is 84.0 Å². The summed E-state index contributed by atoms with van der Waals surface area (Å²) < 4.78 is 0. The third-order valence-electron chi connectivity index (χ3n) is 6.42. The molecular weight excluding hydrogens is 484 g/mol. The average Bonchev–Trinajstić information content (AvgIpc) is 2.83. The number of hydrogen-bond acceptors (Lipinski definition) is 7. The molecule has 0 aromatic carbocycles.